The molecule has 0 atom stereocenters. The summed E-state index contributed by atoms with van der Waals surface area (Å²) in [4.78, 5) is 11.3. The van der Waals surface area contributed by atoms with Gasteiger partial charge in [0.15, 0.2) is 5.78 Å². The van der Waals surface area contributed by atoms with Crippen molar-refractivity contribution < 1.29 is 13.2 Å². The van der Waals surface area contributed by atoms with Crippen molar-refractivity contribution in [2.75, 3.05) is 13.6 Å². The summed E-state index contributed by atoms with van der Waals surface area (Å²) in [6.07, 6.45) is 0. The first-order chi connectivity index (χ1) is 8.25. The van der Waals surface area contributed by atoms with Crippen LogP contribution in [-0.2, 0) is 10.0 Å². The highest BCUT2D eigenvalue weighted by Gasteiger charge is 2.21. The Balaban J connectivity index is 3.02. The number of Topliss-reactive ketones (excluding diaryl/α,β-unsaturated/α-hetero) is 1. The van der Waals surface area contributed by atoms with Crippen LogP contribution in [0.15, 0.2) is 29.2 Å². The van der Waals surface area contributed by atoms with Crippen molar-refractivity contribution >= 4 is 15.8 Å². The van der Waals surface area contributed by atoms with Gasteiger partial charge in [-0.1, -0.05) is 26.0 Å². The molecule has 5 heteroatoms. The molecule has 0 aromatic heterocycles. The second kappa shape index (κ2) is 5.63. The molecule has 0 radical (unpaired) electrons. The molecule has 0 saturated carbocycles. The van der Waals surface area contributed by atoms with Gasteiger partial charge in [0.05, 0.1) is 4.90 Å². The summed E-state index contributed by atoms with van der Waals surface area (Å²) in [6.45, 7) is 5.85. The van der Waals surface area contributed by atoms with E-state index in [0.717, 1.165) is 0 Å². The molecule has 1 aromatic carbocycles. The number of benzene rings is 1. The van der Waals surface area contributed by atoms with E-state index in [-0.39, 0.29) is 16.6 Å². The van der Waals surface area contributed by atoms with E-state index in [1.807, 2.05) is 13.8 Å². The zero-order valence-corrected chi connectivity index (χ0v) is 12.0. The highest BCUT2D eigenvalue weighted by molar-refractivity contribution is 7.89. The topological polar surface area (TPSA) is 54.5 Å². The minimum absolute atomic E-state index is 0.0746. The largest absolute Gasteiger partial charge is 0.295 e. The molecule has 0 spiro atoms. The SMILES string of the molecule is CC(=O)c1ccc(S(=O)(=O)N(C)CC(C)C)cc1. The third-order valence-corrected chi connectivity index (χ3v) is 4.43. The van der Waals surface area contributed by atoms with E-state index >= 15 is 0 Å². The number of hydrogen-bond donors (Lipinski definition) is 0. The molecule has 0 aliphatic rings. The normalized spacial score (nSPS) is 12.1. The van der Waals surface area contributed by atoms with Gasteiger partial charge in [-0.15, -0.1) is 0 Å². The van der Waals surface area contributed by atoms with E-state index in [1.165, 1.54) is 23.4 Å². The van der Waals surface area contributed by atoms with Crippen LogP contribution in [0.25, 0.3) is 0 Å². The summed E-state index contributed by atoms with van der Waals surface area (Å²) in [6, 6.07) is 6.03. The van der Waals surface area contributed by atoms with Crippen molar-refractivity contribution in [1.82, 2.24) is 4.31 Å². The van der Waals surface area contributed by atoms with Gasteiger partial charge in [0.1, 0.15) is 0 Å². The van der Waals surface area contributed by atoms with Gasteiger partial charge in [0.2, 0.25) is 10.0 Å². The molecule has 0 saturated heterocycles. The molecular formula is C13H19NO3S. The van der Waals surface area contributed by atoms with Crippen LogP contribution in [0.2, 0.25) is 0 Å². The Morgan fingerprint density at radius 3 is 2.11 bits per heavy atom. The number of nitrogens with zero attached hydrogens (tertiary/aromatic N) is 1. The van der Waals surface area contributed by atoms with Gasteiger partial charge in [-0.3, -0.25) is 4.79 Å². The first-order valence-electron chi connectivity index (χ1n) is 5.82. The zero-order valence-electron chi connectivity index (χ0n) is 11.2. The molecule has 0 fully saturated rings. The molecule has 0 aliphatic heterocycles. The van der Waals surface area contributed by atoms with E-state index < -0.39 is 10.0 Å². The predicted octanol–water partition coefficient (Wildman–Crippen LogP) is 2.17. The Kier molecular flexibility index (Phi) is 4.65. The van der Waals surface area contributed by atoms with Crippen LogP contribution in [0.1, 0.15) is 31.1 Å². The molecular weight excluding hydrogens is 250 g/mol. The summed E-state index contributed by atoms with van der Waals surface area (Å²) in [7, 11) is -1.89. The molecule has 0 aliphatic carbocycles. The summed E-state index contributed by atoms with van der Waals surface area (Å²) in [5, 5.41) is 0. The molecule has 0 heterocycles. The first kappa shape index (κ1) is 14.9. The maximum Gasteiger partial charge on any atom is 0.242 e. The van der Waals surface area contributed by atoms with Crippen molar-refractivity contribution in [2.45, 2.75) is 25.7 Å². The van der Waals surface area contributed by atoms with Crippen molar-refractivity contribution in [3.63, 3.8) is 0 Å². The van der Waals surface area contributed by atoms with Gasteiger partial charge in [0.25, 0.3) is 0 Å². The fourth-order valence-electron chi connectivity index (χ4n) is 1.65. The lowest BCUT2D eigenvalue weighted by Crippen LogP contribution is -2.30. The molecule has 4 nitrogen and oxygen atoms in total. The van der Waals surface area contributed by atoms with E-state index in [1.54, 1.807) is 19.2 Å². The van der Waals surface area contributed by atoms with Crippen molar-refractivity contribution in [2.24, 2.45) is 5.92 Å². The molecule has 1 aromatic rings. The zero-order chi connectivity index (χ0) is 13.9. The second-order valence-corrected chi connectivity index (χ2v) is 6.80. The summed E-state index contributed by atoms with van der Waals surface area (Å²) >= 11 is 0. The minimum Gasteiger partial charge on any atom is -0.295 e. The van der Waals surface area contributed by atoms with Crippen LogP contribution in [0.5, 0.6) is 0 Å². The quantitative estimate of drug-likeness (QED) is 0.770. The van der Waals surface area contributed by atoms with Crippen LogP contribution in [0.4, 0.5) is 0 Å². The van der Waals surface area contributed by atoms with Crippen LogP contribution < -0.4 is 0 Å². The first-order valence-corrected chi connectivity index (χ1v) is 7.26. The average molecular weight is 269 g/mol. The number of carbonyl (C=O) groups is 1. The standard InChI is InChI=1S/C13H19NO3S/c1-10(2)9-14(4)18(16,17)13-7-5-12(6-8-13)11(3)15/h5-8,10H,9H2,1-4H3. The number of rotatable bonds is 5. The number of sulfonamides is 1. The molecule has 0 N–H and O–H groups in total. The summed E-state index contributed by atoms with van der Waals surface area (Å²) < 4.78 is 25.7. The van der Waals surface area contributed by atoms with Crippen molar-refractivity contribution in [1.29, 1.82) is 0 Å². The van der Waals surface area contributed by atoms with Gasteiger partial charge in [-0.2, -0.15) is 0 Å². The van der Waals surface area contributed by atoms with Crippen molar-refractivity contribution in [3.8, 4) is 0 Å². The highest BCUT2D eigenvalue weighted by Crippen LogP contribution is 2.16. The van der Waals surface area contributed by atoms with Gasteiger partial charge in [0, 0.05) is 19.2 Å². The fraction of sp³-hybridized carbons (Fsp3) is 0.462. The van der Waals surface area contributed by atoms with Gasteiger partial charge < -0.3 is 0 Å². The molecule has 0 amide bonds. The van der Waals surface area contributed by atoms with Gasteiger partial charge >= 0.3 is 0 Å². The van der Waals surface area contributed by atoms with Crippen LogP contribution in [-0.4, -0.2) is 32.1 Å². The van der Waals surface area contributed by atoms with Gasteiger partial charge in [-0.05, 0) is 25.0 Å². The third-order valence-electron chi connectivity index (χ3n) is 2.59. The number of ketones is 1. The lowest BCUT2D eigenvalue weighted by atomic mass is 10.2. The van der Waals surface area contributed by atoms with E-state index in [2.05, 4.69) is 0 Å². The van der Waals surface area contributed by atoms with E-state index in [0.29, 0.717) is 12.1 Å². The third kappa shape index (κ3) is 3.40. The minimum atomic E-state index is -3.45. The fourth-order valence-corrected chi connectivity index (χ4v) is 2.99. The second-order valence-electron chi connectivity index (χ2n) is 4.76. The molecule has 1 rings (SSSR count). The number of carbonyl (C=O) groups excluding carboxylic acids is 1. The van der Waals surface area contributed by atoms with Crippen LogP contribution >= 0.6 is 0 Å². The van der Waals surface area contributed by atoms with Crippen LogP contribution in [0, 0.1) is 5.92 Å². The van der Waals surface area contributed by atoms with E-state index in [9.17, 15) is 13.2 Å². The Labute approximate surface area is 109 Å². The lowest BCUT2D eigenvalue weighted by Gasteiger charge is -2.19. The Bertz CT molecular complexity index is 518. The van der Waals surface area contributed by atoms with E-state index in [4.69, 9.17) is 0 Å². The smallest absolute Gasteiger partial charge is 0.242 e. The Morgan fingerprint density at radius 1 is 1.22 bits per heavy atom. The lowest BCUT2D eigenvalue weighted by molar-refractivity contribution is 0.101. The Morgan fingerprint density at radius 2 is 1.72 bits per heavy atom. The molecule has 18 heavy (non-hydrogen) atoms. The number of hydrogen-bond acceptors (Lipinski definition) is 3. The highest BCUT2D eigenvalue weighted by atomic mass is 32.2. The maximum atomic E-state index is 12.2. The molecule has 0 bridgehead atoms. The molecule has 100 valence electrons. The van der Waals surface area contributed by atoms with Gasteiger partial charge in [-0.25, -0.2) is 12.7 Å². The monoisotopic (exact) mass is 269 g/mol. The van der Waals surface area contributed by atoms with Crippen molar-refractivity contribution in [3.05, 3.63) is 29.8 Å². The average Bonchev–Trinajstić information content (AvgIpc) is 2.28. The Hall–Kier alpha value is -1.20. The predicted molar refractivity (Wildman–Crippen MR) is 71.1 cm³/mol. The maximum absolute atomic E-state index is 12.2. The summed E-state index contributed by atoms with van der Waals surface area (Å²) in [5.41, 5.74) is 0.514. The molecule has 0 unspecified atom stereocenters. The summed E-state index contributed by atoms with van der Waals surface area (Å²) in [5.74, 6) is 0.191. The van der Waals surface area contributed by atoms with Crippen LogP contribution in [0.3, 0.4) is 0 Å².